The van der Waals surface area contributed by atoms with Crippen LogP contribution in [0.5, 0.6) is 0 Å². The second kappa shape index (κ2) is 8.77. The van der Waals surface area contributed by atoms with E-state index in [1.807, 2.05) is 19.0 Å². The van der Waals surface area contributed by atoms with Gasteiger partial charge in [-0.05, 0) is 14.1 Å². The minimum absolute atomic E-state index is 0.243. The summed E-state index contributed by atoms with van der Waals surface area (Å²) in [4.78, 5) is 24.1. The van der Waals surface area contributed by atoms with Crippen molar-refractivity contribution in [3.8, 4) is 0 Å². The standard InChI is InChI=1S/C10H21N3O4/c1-13(2)6-5-11-10(16)12-8(9(14)15)4-7-17-3/h8H,4-7H2,1-3H3,(H,14,15)(H2,11,12,16). The Labute approximate surface area is 101 Å². The number of aliphatic carboxylic acids is 1. The topological polar surface area (TPSA) is 90.9 Å². The van der Waals surface area contributed by atoms with Crippen molar-refractivity contribution < 1.29 is 19.4 Å². The number of carboxylic acids is 1. The molecule has 0 saturated carbocycles. The van der Waals surface area contributed by atoms with Gasteiger partial charge in [0.15, 0.2) is 0 Å². The molecule has 17 heavy (non-hydrogen) atoms. The average molecular weight is 247 g/mol. The summed E-state index contributed by atoms with van der Waals surface area (Å²) in [6.45, 7) is 1.45. The van der Waals surface area contributed by atoms with E-state index in [0.29, 0.717) is 13.1 Å². The number of rotatable bonds is 8. The van der Waals surface area contributed by atoms with Gasteiger partial charge in [0.25, 0.3) is 0 Å². The van der Waals surface area contributed by atoms with Crippen LogP contribution in [0.1, 0.15) is 6.42 Å². The van der Waals surface area contributed by atoms with Gasteiger partial charge in [-0.2, -0.15) is 0 Å². The number of nitrogens with one attached hydrogen (secondary N) is 2. The molecule has 0 aliphatic carbocycles. The molecule has 0 rings (SSSR count). The Morgan fingerprint density at radius 1 is 1.41 bits per heavy atom. The van der Waals surface area contributed by atoms with Crippen LogP contribution in [-0.4, -0.2) is 69.0 Å². The molecule has 0 aromatic rings. The Kier molecular flexibility index (Phi) is 8.08. The van der Waals surface area contributed by atoms with Gasteiger partial charge in [-0.25, -0.2) is 9.59 Å². The highest BCUT2D eigenvalue weighted by molar-refractivity contribution is 5.82. The van der Waals surface area contributed by atoms with Crippen LogP contribution in [0.2, 0.25) is 0 Å². The van der Waals surface area contributed by atoms with Crippen LogP contribution >= 0.6 is 0 Å². The normalized spacial score (nSPS) is 12.2. The molecule has 7 heteroatoms. The molecule has 1 unspecified atom stereocenters. The van der Waals surface area contributed by atoms with Crippen LogP contribution in [0.25, 0.3) is 0 Å². The number of carboxylic acid groups (broad SMARTS) is 1. The van der Waals surface area contributed by atoms with Gasteiger partial charge < -0.3 is 25.4 Å². The molecule has 0 aromatic heterocycles. The summed E-state index contributed by atoms with van der Waals surface area (Å²) < 4.78 is 4.77. The average Bonchev–Trinajstić information content (AvgIpc) is 2.23. The molecule has 0 fully saturated rings. The monoisotopic (exact) mass is 247 g/mol. The highest BCUT2D eigenvalue weighted by Crippen LogP contribution is 1.92. The second-order valence-electron chi connectivity index (χ2n) is 3.88. The van der Waals surface area contributed by atoms with Crippen molar-refractivity contribution in [1.82, 2.24) is 15.5 Å². The third-order valence-electron chi connectivity index (χ3n) is 2.06. The van der Waals surface area contributed by atoms with Crippen LogP contribution in [0, 0.1) is 0 Å². The molecular weight excluding hydrogens is 226 g/mol. The first-order chi connectivity index (χ1) is 7.97. The quantitative estimate of drug-likeness (QED) is 0.529. The number of methoxy groups -OCH3 is 1. The van der Waals surface area contributed by atoms with Gasteiger partial charge in [0, 0.05) is 33.2 Å². The van der Waals surface area contributed by atoms with Crippen molar-refractivity contribution in [2.45, 2.75) is 12.5 Å². The van der Waals surface area contributed by atoms with Crippen molar-refractivity contribution in [1.29, 1.82) is 0 Å². The molecule has 0 aliphatic rings. The maximum atomic E-state index is 11.4. The maximum Gasteiger partial charge on any atom is 0.326 e. The van der Waals surface area contributed by atoms with Gasteiger partial charge in [0.1, 0.15) is 6.04 Å². The van der Waals surface area contributed by atoms with Crippen molar-refractivity contribution in [2.24, 2.45) is 0 Å². The molecule has 7 nitrogen and oxygen atoms in total. The number of hydrogen-bond donors (Lipinski definition) is 3. The van der Waals surface area contributed by atoms with Gasteiger partial charge in [0.05, 0.1) is 0 Å². The Hall–Kier alpha value is -1.34. The Balaban J connectivity index is 3.91. The molecular formula is C10H21N3O4. The summed E-state index contributed by atoms with van der Waals surface area (Å²) in [6.07, 6.45) is 0.243. The highest BCUT2D eigenvalue weighted by Gasteiger charge is 2.18. The van der Waals surface area contributed by atoms with E-state index in [9.17, 15) is 9.59 Å². The largest absolute Gasteiger partial charge is 0.480 e. The fourth-order valence-electron chi connectivity index (χ4n) is 1.10. The van der Waals surface area contributed by atoms with Crippen molar-refractivity contribution >= 4 is 12.0 Å². The van der Waals surface area contributed by atoms with Gasteiger partial charge >= 0.3 is 12.0 Å². The zero-order chi connectivity index (χ0) is 13.3. The molecule has 0 heterocycles. The number of urea groups is 1. The molecule has 2 amide bonds. The van der Waals surface area contributed by atoms with Crippen LogP contribution < -0.4 is 10.6 Å². The van der Waals surface area contributed by atoms with Crippen LogP contribution in [0.4, 0.5) is 4.79 Å². The molecule has 0 bridgehead atoms. The minimum Gasteiger partial charge on any atom is -0.480 e. The van der Waals surface area contributed by atoms with Crippen LogP contribution in [-0.2, 0) is 9.53 Å². The third kappa shape index (κ3) is 8.47. The lowest BCUT2D eigenvalue weighted by atomic mass is 10.2. The maximum absolute atomic E-state index is 11.4. The lowest BCUT2D eigenvalue weighted by Crippen LogP contribution is -2.47. The molecule has 0 aliphatic heterocycles. The Bertz CT molecular complexity index is 246. The van der Waals surface area contributed by atoms with E-state index in [2.05, 4.69) is 10.6 Å². The highest BCUT2D eigenvalue weighted by atomic mass is 16.5. The number of nitrogens with zero attached hydrogens (tertiary/aromatic N) is 1. The van der Waals surface area contributed by atoms with E-state index >= 15 is 0 Å². The van der Waals surface area contributed by atoms with E-state index in [-0.39, 0.29) is 13.0 Å². The fraction of sp³-hybridized carbons (Fsp3) is 0.800. The fourth-order valence-corrected chi connectivity index (χ4v) is 1.10. The van der Waals surface area contributed by atoms with Crippen molar-refractivity contribution in [3.05, 3.63) is 0 Å². The molecule has 100 valence electrons. The summed E-state index contributed by atoms with van der Waals surface area (Å²) in [5.74, 6) is -1.06. The second-order valence-corrected chi connectivity index (χ2v) is 3.88. The van der Waals surface area contributed by atoms with Gasteiger partial charge in [-0.1, -0.05) is 0 Å². The number of likely N-dealkylation sites (N-methyl/N-ethyl adjacent to an activating group) is 1. The van der Waals surface area contributed by atoms with Gasteiger partial charge in [-0.3, -0.25) is 0 Å². The summed E-state index contributed by atoms with van der Waals surface area (Å²) in [6, 6.07) is -1.40. The first kappa shape index (κ1) is 15.7. The summed E-state index contributed by atoms with van der Waals surface area (Å²) >= 11 is 0. The number of amides is 2. The summed E-state index contributed by atoms with van der Waals surface area (Å²) in [5.41, 5.74) is 0. The van der Waals surface area contributed by atoms with E-state index in [0.717, 1.165) is 0 Å². The predicted molar refractivity (Wildman–Crippen MR) is 63.0 cm³/mol. The molecule has 1 atom stereocenters. The predicted octanol–water partition coefficient (Wildman–Crippen LogP) is -0.663. The molecule has 0 spiro atoms. The molecule has 0 aromatic carbocycles. The van der Waals surface area contributed by atoms with E-state index in [1.54, 1.807) is 0 Å². The summed E-state index contributed by atoms with van der Waals surface area (Å²) in [5, 5.41) is 13.8. The van der Waals surface area contributed by atoms with Crippen LogP contribution in [0.3, 0.4) is 0 Å². The number of carbonyl (C=O) groups excluding carboxylic acids is 1. The lowest BCUT2D eigenvalue weighted by Gasteiger charge is -2.15. The molecule has 3 N–H and O–H groups in total. The van der Waals surface area contributed by atoms with Crippen LogP contribution in [0.15, 0.2) is 0 Å². The van der Waals surface area contributed by atoms with E-state index in [1.165, 1.54) is 7.11 Å². The SMILES string of the molecule is COCCC(NC(=O)NCCN(C)C)C(=O)O. The number of hydrogen-bond acceptors (Lipinski definition) is 4. The summed E-state index contributed by atoms with van der Waals surface area (Å²) in [7, 11) is 5.26. The lowest BCUT2D eigenvalue weighted by molar-refractivity contribution is -0.139. The molecule has 0 saturated heterocycles. The van der Waals surface area contributed by atoms with E-state index < -0.39 is 18.0 Å². The smallest absolute Gasteiger partial charge is 0.326 e. The number of carbonyl (C=O) groups is 2. The number of ether oxygens (including phenoxy) is 1. The van der Waals surface area contributed by atoms with Gasteiger partial charge in [0.2, 0.25) is 0 Å². The first-order valence-corrected chi connectivity index (χ1v) is 5.38. The zero-order valence-electron chi connectivity index (χ0n) is 10.5. The van der Waals surface area contributed by atoms with Crippen molar-refractivity contribution in [2.75, 3.05) is 40.9 Å². The van der Waals surface area contributed by atoms with E-state index in [4.69, 9.17) is 9.84 Å². The Morgan fingerprint density at radius 3 is 2.53 bits per heavy atom. The molecule has 0 radical (unpaired) electrons. The minimum atomic E-state index is -1.06. The van der Waals surface area contributed by atoms with Gasteiger partial charge in [-0.15, -0.1) is 0 Å². The zero-order valence-corrected chi connectivity index (χ0v) is 10.5. The third-order valence-corrected chi connectivity index (χ3v) is 2.06. The first-order valence-electron chi connectivity index (χ1n) is 5.38. The Morgan fingerprint density at radius 2 is 2.06 bits per heavy atom. The van der Waals surface area contributed by atoms with Crippen molar-refractivity contribution in [3.63, 3.8) is 0 Å².